The lowest BCUT2D eigenvalue weighted by Gasteiger charge is -2.13. The smallest absolute Gasteiger partial charge is 0.250 e. The number of methoxy groups -OCH3 is 1. The van der Waals surface area contributed by atoms with Crippen molar-refractivity contribution in [3.05, 3.63) is 23.8 Å². The lowest BCUT2D eigenvalue weighted by molar-refractivity contribution is -0.119. The third kappa shape index (κ3) is 5.46. The van der Waals surface area contributed by atoms with Gasteiger partial charge in [-0.3, -0.25) is 4.79 Å². The Kier molecular flexibility index (Phi) is 6.62. The Morgan fingerprint density at radius 3 is 2.84 bits per heavy atom. The summed E-state index contributed by atoms with van der Waals surface area (Å²) in [5, 5.41) is 15.2. The molecule has 0 heterocycles. The van der Waals surface area contributed by atoms with Gasteiger partial charge in [-0.25, -0.2) is 0 Å². The number of halogens is 1. The molecule has 0 aromatic heterocycles. The highest BCUT2D eigenvalue weighted by molar-refractivity contribution is 6.18. The van der Waals surface area contributed by atoms with Gasteiger partial charge in [0, 0.05) is 25.0 Å². The molecular weight excluding hydrogens is 268 g/mol. The van der Waals surface area contributed by atoms with E-state index >= 15 is 0 Å². The van der Waals surface area contributed by atoms with Crippen LogP contribution in [0.25, 0.3) is 0 Å². The van der Waals surface area contributed by atoms with E-state index < -0.39 is 6.10 Å². The summed E-state index contributed by atoms with van der Waals surface area (Å²) in [7, 11) is 1.47. The quantitative estimate of drug-likeness (QED) is 0.666. The van der Waals surface area contributed by atoms with Crippen LogP contribution in [0.2, 0.25) is 0 Å². The van der Waals surface area contributed by atoms with Crippen molar-refractivity contribution in [3.8, 4) is 0 Å². The Balaban J connectivity index is 2.61. The highest BCUT2D eigenvalue weighted by Crippen LogP contribution is 2.19. The predicted molar refractivity (Wildman–Crippen MR) is 76.9 cm³/mol. The van der Waals surface area contributed by atoms with Crippen molar-refractivity contribution in [2.75, 3.05) is 36.8 Å². The molecule has 6 heteroatoms. The molecule has 1 rings (SSSR count). The Labute approximate surface area is 117 Å². The van der Waals surface area contributed by atoms with E-state index in [1.165, 1.54) is 7.11 Å². The molecule has 1 amide bonds. The molecule has 3 N–H and O–H groups in total. The van der Waals surface area contributed by atoms with Gasteiger partial charge in [-0.2, -0.15) is 0 Å². The average Bonchev–Trinajstić information content (AvgIpc) is 2.39. The van der Waals surface area contributed by atoms with Gasteiger partial charge in [-0.05, 0) is 30.7 Å². The number of anilines is 2. The summed E-state index contributed by atoms with van der Waals surface area (Å²) in [6, 6.07) is 5.53. The molecule has 1 aromatic rings. The largest absolute Gasteiger partial charge is 0.390 e. The summed E-state index contributed by atoms with van der Waals surface area (Å²) >= 11 is 5.51. The van der Waals surface area contributed by atoms with Crippen LogP contribution in [-0.2, 0) is 9.53 Å². The summed E-state index contributed by atoms with van der Waals surface area (Å²) in [4.78, 5) is 11.4. The number of carbonyl (C=O) groups is 1. The monoisotopic (exact) mass is 286 g/mol. The maximum Gasteiger partial charge on any atom is 0.250 e. The number of aryl methyl sites for hydroxylation is 1. The number of nitrogens with one attached hydrogen (secondary N) is 2. The lowest BCUT2D eigenvalue weighted by Crippen LogP contribution is -2.21. The molecule has 5 nitrogen and oxygen atoms in total. The minimum atomic E-state index is -0.581. The molecule has 19 heavy (non-hydrogen) atoms. The maximum absolute atomic E-state index is 11.4. The zero-order chi connectivity index (χ0) is 14.3. The van der Waals surface area contributed by atoms with Crippen LogP contribution in [0.15, 0.2) is 18.2 Å². The third-order valence-electron chi connectivity index (χ3n) is 2.50. The molecular formula is C13H19ClN2O3. The van der Waals surface area contributed by atoms with E-state index in [2.05, 4.69) is 10.6 Å². The fraction of sp³-hybridized carbons (Fsp3) is 0.462. The van der Waals surface area contributed by atoms with Crippen LogP contribution >= 0.6 is 11.6 Å². The number of alkyl halides is 1. The molecule has 0 spiro atoms. The molecule has 0 aliphatic carbocycles. The minimum absolute atomic E-state index is 0.0291. The first-order valence-corrected chi connectivity index (χ1v) is 6.47. The van der Waals surface area contributed by atoms with Crippen molar-refractivity contribution in [1.82, 2.24) is 0 Å². The first kappa shape index (κ1) is 15.8. The van der Waals surface area contributed by atoms with Crippen LogP contribution < -0.4 is 10.6 Å². The van der Waals surface area contributed by atoms with Gasteiger partial charge in [0.15, 0.2) is 0 Å². The zero-order valence-electron chi connectivity index (χ0n) is 11.1. The predicted octanol–water partition coefficient (Wildman–Crippen LogP) is 1.59. The standard InChI is InChI=1S/C13H19ClN2O3/c1-9-5-10(15-7-11(17)6-14)3-4-12(9)16-13(18)8-19-2/h3-5,11,15,17H,6-8H2,1-2H3,(H,16,18). The van der Waals surface area contributed by atoms with E-state index in [1.807, 2.05) is 19.1 Å². The molecule has 0 fully saturated rings. The van der Waals surface area contributed by atoms with Gasteiger partial charge in [0.25, 0.3) is 0 Å². The van der Waals surface area contributed by atoms with Gasteiger partial charge in [0.2, 0.25) is 5.91 Å². The van der Waals surface area contributed by atoms with E-state index in [-0.39, 0.29) is 18.4 Å². The maximum atomic E-state index is 11.4. The number of rotatable bonds is 7. The van der Waals surface area contributed by atoms with E-state index in [4.69, 9.17) is 16.3 Å². The Morgan fingerprint density at radius 2 is 2.26 bits per heavy atom. The van der Waals surface area contributed by atoms with Gasteiger partial charge in [-0.15, -0.1) is 11.6 Å². The van der Waals surface area contributed by atoms with Crippen molar-refractivity contribution in [1.29, 1.82) is 0 Å². The second kappa shape index (κ2) is 7.99. The molecule has 0 saturated heterocycles. The van der Waals surface area contributed by atoms with Crippen LogP contribution in [0, 0.1) is 6.92 Å². The number of amides is 1. The van der Waals surface area contributed by atoms with Crippen molar-refractivity contribution < 1.29 is 14.6 Å². The summed E-state index contributed by atoms with van der Waals surface area (Å²) in [5.74, 6) is 0.000748. The first-order valence-electron chi connectivity index (χ1n) is 5.94. The van der Waals surface area contributed by atoms with E-state index in [0.29, 0.717) is 6.54 Å². The second-order valence-electron chi connectivity index (χ2n) is 4.20. The number of aliphatic hydroxyl groups is 1. The van der Waals surface area contributed by atoms with Crippen LogP contribution in [0.4, 0.5) is 11.4 Å². The molecule has 106 valence electrons. The van der Waals surface area contributed by atoms with Crippen molar-refractivity contribution in [2.24, 2.45) is 0 Å². The molecule has 1 atom stereocenters. The summed E-state index contributed by atoms with van der Waals surface area (Å²) in [5.41, 5.74) is 2.53. The van der Waals surface area contributed by atoms with Crippen LogP contribution in [0.3, 0.4) is 0 Å². The Bertz CT molecular complexity index is 426. The van der Waals surface area contributed by atoms with Gasteiger partial charge in [0.05, 0.1) is 12.0 Å². The SMILES string of the molecule is COCC(=O)Nc1ccc(NCC(O)CCl)cc1C. The highest BCUT2D eigenvalue weighted by atomic mass is 35.5. The fourth-order valence-corrected chi connectivity index (χ4v) is 1.63. The normalized spacial score (nSPS) is 12.0. The zero-order valence-corrected chi connectivity index (χ0v) is 11.8. The Morgan fingerprint density at radius 1 is 1.53 bits per heavy atom. The molecule has 1 unspecified atom stereocenters. The summed E-state index contributed by atoms with van der Waals surface area (Å²) in [6.45, 7) is 2.31. The van der Waals surface area contributed by atoms with Crippen molar-refractivity contribution in [2.45, 2.75) is 13.0 Å². The van der Waals surface area contributed by atoms with Gasteiger partial charge in [-0.1, -0.05) is 0 Å². The van der Waals surface area contributed by atoms with Crippen LogP contribution in [0.1, 0.15) is 5.56 Å². The molecule has 1 aromatic carbocycles. The molecule has 0 aliphatic rings. The van der Waals surface area contributed by atoms with Crippen LogP contribution in [0.5, 0.6) is 0 Å². The van der Waals surface area contributed by atoms with E-state index in [9.17, 15) is 9.90 Å². The minimum Gasteiger partial charge on any atom is -0.390 e. The van der Waals surface area contributed by atoms with Crippen molar-refractivity contribution >= 4 is 28.9 Å². The fourth-order valence-electron chi connectivity index (χ4n) is 1.52. The molecule has 0 saturated carbocycles. The number of aliphatic hydroxyl groups excluding tert-OH is 1. The second-order valence-corrected chi connectivity index (χ2v) is 4.51. The lowest BCUT2D eigenvalue weighted by atomic mass is 10.1. The summed E-state index contributed by atoms with van der Waals surface area (Å²) < 4.78 is 4.75. The van der Waals surface area contributed by atoms with E-state index in [1.54, 1.807) is 6.07 Å². The van der Waals surface area contributed by atoms with Crippen molar-refractivity contribution in [3.63, 3.8) is 0 Å². The first-order chi connectivity index (χ1) is 9.06. The van der Waals surface area contributed by atoms with Gasteiger partial charge < -0.3 is 20.5 Å². The van der Waals surface area contributed by atoms with Gasteiger partial charge >= 0.3 is 0 Å². The highest BCUT2D eigenvalue weighted by Gasteiger charge is 2.06. The number of hydrogen-bond donors (Lipinski definition) is 3. The molecule has 0 aliphatic heterocycles. The molecule has 0 bridgehead atoms. The van der Waals surface area contributed by atoms with Gasteiger partial charge in [0.1, 0.15) is 6.61 Å². The average molecular weight is 287 g/mol. The molecule has 0 radical (unpaired) electrons. The number of carbonyl (C=O) groups excluding carboxylic acids is 1. The number of benzene rings is 1. The Hall–Kier alpha value is -1.30. The third-order valence-corrected chi connectivity index (χ3v) is 2.85. The van der Waals surface area contributed by atoms with Crippen LogP contribution in [-0.4, -0.2) is 43.3 Å². The topological polar surface area (TPSA) is 70.6 Å². The number of hydrogen-bond acceptors (Lipinski definition) is 4. The van der Waals surface area contributed by atoms with E-state index in [0.717, 1.165) is 16.9 Å². The summed E-state index contributed by atoms with van der Waals surface area (Å²) in [6.07, 6.45) is -0.581. The number of ether oxygens (including phenoxy) is 1.